The third-order valence-corrected chi connectivity index (χ3v) is 3.17. The van der Waals surface area contributed by atoms with E-state index in [4.69, 9.17) is 9.84 Å². The van der Waals surface area contributed by atoms with Gasteiger partial charge in [0.15, 0.2) is 0 Å². The number of ether oxygens (including phenoxy) is 1. The molecule has 92 valence electrons. The van der Waals surface area contributed by atoms with Crippen molar-refractivity contribution >= 4 is 5.91 Å². The molecule has 1 aromatic rings. The Balaban J connectivity index is 2.04. The summed E-state index contributed by atoms with van der Waals surface area (Å²) in [5.74, 6) is 1.01. The largest absolute Gasteiger partial charge is 0.497 e. The van der Waals surface area contributed by atoms with Crippen LogP contribution in [0.4, 0.5) is 0 Å². The smallest absolute Gasteiger partial charge is 0.253 e. The van der Waals surface area contributed by atoms with Crippen LogP contribution in [0.1, 0.15) is 16.8 Å². The molecule has 1 fully saturated rings. The molecule has 2 rings (SSSR count). The molecule has 4 nitrogen and oxygen atoms in total. The molecule has 0 spiro atoms. The van der Waals surface area contributed by atoms with Crippen LogP contribution >= 0.6 is 0 Å². The predicted octanol–water partition coefficient (Wildman–Crippen LogP) is 1.15. The van der Waals surface area contributed by atoms with Crippen molar-refractivity contribution in [1.29, 1.82) is 0 Å². The summed E-state index contributed by atoms with van der Waals surface area (Å²) in [6.45, 7) is 1.55. The standard InChI is InChI=1S/C13H17NO3/c1-17-12-4-2-11(3-5-12)13(16)14-7-6-10(8-14)9-15/h2-5,10,15H,6-9H2,1H3/t10-/m1/s1. The van der Waals surface area contributed by atoms with Crippen LogP contribution in [0.15, 0.2) is 24.3 Å². The summed E-state index contributed by atoms with van der Waals surface area (Å²) in [5.41, 5.74) is 0.671. The minimum atomic E-state index is 0.0311. The van der Waals surface area contributed by atoms with Gasteiger partial charge in [0.05, 0.1) is 7.11 Å². The van der Waals surface area contributed by atoms with Crippen molar-refractivity contribution in [2.75, 3.05) is 26.8 Å². The van der Waals surface area contributed by atoms with Gasteiger partial charge < -0.3 is 14.7 Å². The van der Waals surface area contributed by atoms with Crippen molar-refractivity contribution in [3.63, 3.8) is 0 Å². The third kappa shape index (κ3) is 2.58. The molecule has 0 aromatic heterocycles. The molecule has 1 amide bonds. The van der Waals surface area contributed by atoms with Crippen LogP contribution in [0.2, 0.25) is 0 Å². The van der Waals surface area contributed by atoms with E-state index in [0.29, 0.717) is 12.1 Å². The molecule has 1 aliphatic rings. The maximum atomic E-state index is 12.1. The normalized spacial score (nSPS) is 19.4. The first-order chi connectivity index (χ1) is 8.24. The summed E-state index contributed by atoms with van der Waals surface area (Å²) >= 11 is 0. The molecular formula is C13H17NO3. The fraction of sp³-hybridized carbons (Fsp3) is 0.462. The minimum Gasteiger partial charge on any atom is -0.497 e. The molecule has 0 unspecified atom stereocenters. The maximum absolute atomic E-state index is 12.1. The van der Waals surface area contributed by atoms with Gasteiger partial charge in [0.25, 0.3) is 5.91 Å². The van der Waals surface area contributed by atoms with Gasteiger partial charge in [-0.3, -0.25) is 4.79 Å². The highest BCUT2D eigenvalue weighted by Crippen LogP contribution is 2.19. The van der Waals surface area contributed by atoms with Crippen LogP contribution in [0, 0.1) is 5.92 Å². The Morgan fingerprint density at radius 3 is 2.71 bits per heavy atom. The number of benzene rings is 1. The van der Waals surface area contributed by atoms with Crippen LogP contribution in [0.25, 0.3) is 0 Å². The molecule has 0 bridgehead atoms. The van der Waals surface area contributed by atoms with E-state index in [1.54, 1.807) is 36.3 Å². The summed E-state index contributed by atoms with van der Waals surface area (Å²) in [6.07, 6.45) is 0.887. The van der Waals surface area contributed by atoms with E-state index < -0.39 is 0 Å². The summed E-state index contributed by atoms with van der Waals surface area (Å²) < 4.78 is 5.05. The molecule has 1 N–H and O–H groups in total. The second-order valence-electron chi connectivity index (χ2n) is 4.32. The SMILES string of the molecule is COc1ccc(C(=O)N2CC[C@@H](CO)C2)cc1. The Kier molecular flexibility index (Phi) is 3.64. The van der Waals surface area contributed by atoms with E-state index >= 15 is 0 Å². The summed E-state index contributed by atoms with van der Waals surface area (Å²) in [4.78, 5) is 13.9. The van der Waals surface area contributed by atoms with Gasteiger partial charge in [0, 0.05) is 31.2 Å². The van der Waals surface area contributed by atoms with Crippen molar-refractivity contribution in [3.05, 3.63) is 29.8 Å². The number of nitrogens with zero attached hydrogens (tertiary/aromatic N) is 1. The number of carbonyl (C=O) groups is 1. The lowest BCUT2D eigenvalue weighted by Crippen LogP contribution is -2.29. The van der Waals surface area contributed by atoms with E-state index in [1.807, 2.05) is 0 Å². The van der Waals surface area contributed by atoms with Crippen molar-refractivity contribution in [3.8, 4) is 5.75 Å². The zero-order valence-electron chi connectivity index (χ0n) is 9.93. The monoisotopic (exact) mass is 235 g/mol. The number of hydrogen-bond acceptors (Lipinski definition) is 3. The lowest BCUT2D eigenvalue weighted by molar-refractivity contribution is 0.0782. The van der Waals surface area contributed by atoms with Crippen molar-refractivity contribution < 1.29 is 14.6 Å². The Bertz CT molecular complexity index is 388. The second-order valence-corrected chi connectivity index (χ2v) is 4.32. The number of carbonyl (C=O) groups excluding carboxylic acids is 1. The predicted molar refractivity (Wildman–Crippen MR) is 64.1 cm³/mol. The molecule has 0 radical (unpaired) electrons. The zero-order valence-corrected chi connectivity index (χ0v) is 9.93. The molecule has 1 aliphatic heterocycles. The minimum absolute atomic E-state index is 0.0311. The van der Waals surface area contributed by atoms with Gasteiger partial charge in [-0.25, -0.2) is 0 Å². The fourth-order valence-corrected chi connectivity index (χ4v) is 2.08. The van der Waals surface area contributed by atoms with Gasteiger partial charge in [-0.2, -0.15) is 0 Å². The summed E-state index contributed by atoms with van der Waals surface area (Å²) in [7, 11) is 1.60. The highest BCUT2D eigenvalue weighted by atomic mass is 16.5. The number of rotatable bonds is 3. The van der Waals surface area contributed by atoms with Crippen LogP contribution in [0.5, 0.6) is 5.75 Å². The lowest BCUT2D eigenvalue weighted by atomic mass is 10.1. The average Bonchev–Trinajstić information content (AvgIpc) is 2.87. The van der Waals surface area contributed by atoms with Gasteiger partial charge in [0.2, 0.25) is 0 Å². The van der Waals surface area contributed by atoms with Gasteiger partial charge in [-0.15, -0.1) is 0 Å². The number of hydrogen-bond donors (Lipinski definition) is 1. The Labute approximate surface area is 101 Å². The Hall–Kier alpha value is -1.55. The molecule has 1 saturated heterocycles. The summed E-state index contributed by atoms with van der Waals surface area (Å²) in [5, 5.41) is 9.05. The van der Waals surface area contributed by atoms with Crippen molar-refractivity contribution in [2.24, 2.45) is 5.92 Å². The highest BCUT2D eigenvalue weighted by molar-refractivity contribution is 5.94. The number of likely N-dealkylation sites (tertiary alicyclic amines) is 1. The Morgan fingerprint density at radius 1 is 1.47 bits per heavy atom. The van der Waals surface area contributed by atoms with Crippen molar-refractivity contribution in [1.82, 2.24) is 4.90 Å². The molecule has 0 aliphatic carbocycles. The van der Waals surface area contributed by atoms with Crippen LogP contribution < -0.4 is 4.74 Å². The first-order valence-electron chi connectivity index (χ1n) is 5.78. The van der Waals surface area contributed by atoms with Gasteiger partial charge in [-0.1, -0.05) is 0 Å². The second kappa shape index (κ2) is 5.19. The summed E-state index contributed by atoms with van der Waals surface area (Å²) in [6, 6.07) is 7.11. The molecule has 17 heavy (non-hydrogen) atoms. The fourth-order valence-electron chi connectivity index (χ4n) is 2.08. The van der Waals surface area contributed by atoms with Gasteiger partial charge in [0.1, 0.15) is 5.75 Å². The third-order valence-electron chi connectivity index (χ3n) is 3.17. The van der Waals surface area contributed by atoms with Crippen LogP contribution in [-0.4, -0.2) is 42.7 Å². The average molecular weight is 235 g/mol. The zero-order chi connectivity index (χ0) is 12.3. The molecule has 1 heterocycles. The molecular weight excluding hydrogens is 218 g/mol. The Morgan fingerprint density at radius 2 is 2.18 bits per heavy atom. The van der Waals surface area contributed by atoms with Crippen LogP contribution in [-0.2, 0) is 0 Å². The van der Waals surface area contributed by atoms with E-state index in [1.165, 1.54) is 0 Å². The number of methoxy groups -OCH3 is 1. The molecule has 1 aromatic carbocycles. The van der Waals surface area contributed by atoms with Gasteiger partial charge >= 0.3 is 0 Å². The van der Waals surface area contributed by atoms with E-state index in [2.05, 4.69) is 0 Å². The topological polar surface area (TPSA) is 49.8 Å². The first-order valence-corrected chi connectivity index (χ1v) is 5.78. The van der Waals surface area contributed by atoms with E-state index in [-0.39, 0.29) is 18.4 Å². The molecule has 4 heteroatoms. The first kappa shape index (κ1) is 11.9. The van der Waals surface area contributed by atoms with E-state index in [9.17, 15) is 4.79 Å². The van der Waals surface area contributed by atoms with E-state index in [0.717, 1.165) is 18.7 Å². The number of aliphatic hydroxyl groups is 1. The maximum Gasteiger partial charge on any atom is 0.253 e. The molecule has 1 atom stereocenters. The highest BCUT2D eigenvalue weighted by Gasteiger charge is 2.26. The number of amides is 1. The van der Waals surface area contributed by atoms with Crippen LogP contribution in [0.3, 0.4) is 0 Å². The lowest BCUT2D eigenvalue weighted by Gasteiger charge is -2.16. The number of aliphatic hydroxyl groups excluding tert-OH is 1. The quantitative estimate of drug-likeness (QED) is 0.855. The van der Waals surface area contributed by atoms with Crippen molar-refractivity contribution in [2.45, 2.75) is 6.42 Å². The molecule has 0 saturated carbocycles. The van der Waals surface area contributed by atoms with Gasteiger partial charge in [-0.05, 0) is 30.7 Å².